The molecule has 4 heteroatoms. The number of hydrogen-bond acceptors (Lipinski definition) is 3. The summed E-state index contributed by atoms with van der Waals surface area (Å²) in [6.07, 6.45) is 0. The van der Waals surface area contributed by atoms with Crippen molar-refractivity contribution in [2.75, 3.05) is 5.73 Å². The third-order valence-corrected chi connectivity index (χ3v) is 1.97. The van der Waals surface area contributed by atoms with Gasteiger partial charge in [-0.15, -0.1) is 12.4 Å². The number of hydrogen-bond donors (Lipinski definition) is 1. The normalized spacial score (nSPS) is 9.25. The van der Waals surface area contributed by atoms with Crippen LogP contribution in [0, 0.1) is 0 Å². The molecule has 2 rings (SSSR count). The summed E-state index contributed by atoms with van der Waals surface area (Å²) in [5.74, 6) is 1.03. The van der Waals surface area contributed by atoms with Gasteiger partial charge in [-0.25, -0.2) is 0 Å². The Morgan fingerprint density at radius 2 is 1.75 bits per heavy atom. The number of ether oxygens (including phenoxy) is 1. The predicted octanol–water partition coefficient (Wildman–Crippen LogP) is 2.66. The molecular formula is C12H13ClN2O. The molecule has 0 spiro atoms. The molecular weight excluding hydrogens is 224 g/mol. The molecule has 16 heavy (non-hydrogen) atoms. The van der Waals surface area contributed by atoms with E-state index in [-0.39, 0.29) is 12.4 Å². The standard InChI is InChI=1S/C12H12N2O.ClH/c13-11-7-4-8-12(14-11)15-9-10-5-2-1-3-6-10;/h1-8H,9H2,(H2,13,14);1H. The molecule has 2 N–H and O–H groups in total. The zero-order chi connectivity index (χ0) is 10.5. The van der Waals surface area contributed by atoms with Gasteiger partial charge in [0.2, 0.25) is 5.88 Å². The van der Waals surface area contributed by atoms with Crippen LogP contribution in [0.15, 0.2) is 48.5 Å². The molecule has 0 atom stereocenters. The van der Waals surface area contributed by atoms with Crippen molar-refractivity contribution in [3.05, 3.63) is 54.1 Å². The fourth-order valence-electron chi connectivity index (χ4n) is 1.24. The van der Waals surface area contributed by atoms with Crippen LogP contribution in [0.2, 0.25) is 0 Å². The lowest BCUT2D eigenvalue weighted by molar-refractivity contribution is 0.294. The van der Waals surface area contributed by atoms with E-state index in [4.69, 9.17) is 10.5 Å². The Morgan fingerprint density at radius 3 is 2.44 bits per heavy atom. The third-order valence-electron chi connectivity index (χ3n) is 1.97. The van der Waals surface area contributed by atoms with Gasteiger partial charge in [-0.2, -0.15) is 4.98 Å². The van der Waals surface area contributed by atoms with E-state index >= 15 is 0 Å². The summed E-state index contributed by atoms with van der Waals surface area (Å²) in [4.78, 5) is 4.04. The number of nitrogen functional groups attached to an aromatic ring is 1. The lowest BCUT2D eigenvalue weighted by Gasteiger charge is -2.05. The minimum absolute atomic E-state index is 0. The molecule has 1 heterocycles. The van der Waals surface area contributed by atoms with Gasteiger partial charge in [0.05, 0.1) is 0 Å². The molecule has 0 amide bonds. The highest BCUT2D eigenvalue weighted by atomic mass is 35.5. The van der Waals surface area contributed by atoms with Gasteiger partial charge in [-0.3, -0.25) is 0 Å². The van der Waals surface area contributed by atoms with Gasteiger partial charge in [0.25, 0.3) is 0 Å². The van der Waals surface area contributed by atoms with E-state index in [2.05, 4.69) is 4.98 Å². The predicted molar refractivity (Wildman–Crippen MR) is 66.7 cm³/mol. The van der Waals surface area contributed by atoms with Gasteiger partial charge in [0.1, 0.15) is 12.4 Å². The van der Waals surface area contributed by atoms with Gasteiger partial charge in [-0.1, -0.05) is 36.4 Å². The van der Waals surface area contributed by atoms with Crippen molar-refractivity contribution in [1.82, 2.24) is 4.98 Å². The van der Waals surface area contributed by atoms with E-state index in [0.717, 1.165) is 5.56 Å². The summed E-state index contributed by atoms with van der Waals surface area (Å²) < 4.78 is 5.48. The van der Waals surface area contributed by atoms with Crippen LogP contribution in [0.1, 0.15) is 5.56 Å². The monoisotopic (exact) mass is 236 g/mol. The number of anilines is 1. The van der Waals surface area contributed by atoms with Crippen molar-refractivity contribution in [1.29, 1.82) is 0 Å². The molecule has 0 saturated carbocycles. The second kappa shape index (κ2) is 5.98. The van der Waals surface area contributed by atoms with Crippen molar-refractivity contribution in [2.45, 2.75) is 6.61 Å². The molecule has 1 aromatic carbocycles. The Balaban J connectivity index is 0.00000128. The minimum atomic E-state index is 0. The number of aromatic nitrogens is 1. The van der Waals surface area contributed by atoms with Crippen molar-refractivity contribution in [2.24, 2.45) is 0 Å². The molecule has 0 bridgehead atoms. The summed E-state index contributed by atoms with van der Waals surface area (Å²) in [5.41, 5.74) is 6.65. The lowest BCUT2D eigenvalue weighted by atomic mass is 10.2. The highest BCUT2D eigenvalue weighted by Gasteiger charge is 1.96. The highest BCUT2D eigenvalue weighted by Crippen LogP contribution is 2.10. The van der Waals surface area contributed by atoms with Gasteiger partial charge < -0.3 is 10.5 Å². The minimum Gasteiger partial charge on any atom is -0.473 e. The Morgan fingerprint density at radius 1 is 1.00 bits per heavy atom. The van der Waals surface area contributed by atoms with Gasteiger partial charge in [0.15, 0.2) is 0 Å². The fourth-order valence-corrected chi connectivity index (χ4v) is 1.24. The number of halogens is 1. The van der Waals surface area contributed by atoms with E-state index in [0.29, 0.717) is 18.3 Å². The first kappa shape index (κ1) is 12.3. The van der Waals surface area contributed by atoms with Crippen molar-refractivity contribution >= 4 is 18.2 Å². The van der Waals surface area contributed by atoms with Crippen molar-refractivity contribution in [3.8, 4) is 5.88 Å². The Bertz CT molecular complexity index is 434. The molecule has 0 fully saturated rings. The van der Waals surface area contributed by atoms with Gasteiger partial charge in [-0.05, 0) is 11.6 Å². The molecule has 3 nitrogen and oxygen atoms in total. The van der Waals surface area contributed by atoms with Crippen LogP contribution in [0.3, 0.4) is 0 Å². The SMILES string of the molecule is Cl.Nc1cccc(OCc2ccccc2)n1. The van der Waals surface area contributed by atoms with Crippen LogP contribution in [0.25, 0.3) is 0 Å². The van der Waals surface area contributed by atoms with Crippen LogP contribution in [-0.2, 0) is 6.61 Å². The molecule has 0 aliphatic rings. The van der Waals surface area contributed by atoms with Crippen LogP contribution >= 0.6 is 12.4 Å². The largest absolute Gasteiger partial charge is 0.473 e. The number of nitrogens with two attached hydrogens (primary N) is 1. The molecule has 0 aliphatic carbocycles. The molecule has 0 saturated heterocycles. The maximum absolute atomic E-state index is 5.54. The quantitative estimate of drug-likeness (QED) is 0.891. The fraction of sp³-hybridized carbons (Fsp3) is 0.0833. The van der Waals surface area contributed by atoms with Crippen LogP contribution < -0.4 is 10.5 Å². The maximum atomic E-state index is 5.54. The molecule has 1 aromatic heterocycles. The summed E-state index contributed by atoms with van der Waals surface area (Å²) in [6.45, 7) is 0.511. The summed E-state index contributed by atoms with van der Waals surface area (Å²) in [7, 11) is 0. The van der Waals surface area contributed by atoms with E-state index < -0.39 is 0 Å². The smallest absolute Gasteiger partial charge is 0.215 e. The van der Waals surface area contributed by atoms with Crippen molar-refractivity contribution in [3.63, 3.8) is 0 Å². The van der Waals surface area contributed by atoms with Gasteiger partial charge in [0, 0.05) is 6.07 Å². The highest BCUT2D eigenvalue weighted by molar-refractivity contribution is 5.85. The summed E-state index contributed by atoms with van der Waals surface area (Å²) in [6, 6.07) is 15.3. The van der Waals surface area contributed by atoms with Gasteiger partial charge >= 0.3 is 0 Å². The Labute approximate surface area is 101 Å². The summed E-state index contributed by atoms with van der Waals surface area (Å²) in [5, 5.41) is 0. The van der Waals surface area contributed by atoms with E-state index in [1.54, 1.807) is 12.1 Å². The van der Waals surface area contributed by atoms with Crippen LogP contribution in [0.4, 0.5) is 5.82 Å². The van der Waals surface area contributed by atoms with E-state index in [9.17, 15) is 0 Å². The number of pyridine rings is 1. The lowest BCUT2D eigenvalue weighted by Crippen LogP contribution is -1.98. The second-order valence-corrected chi connectivity index (χ2v) is 3.17. The molecule has 2 aromatic rings. The molecule has 0 aliphatic heterocycles. The molecule has 0 radical (unpaired) electrons. The zero-order valence-electron chi connectivity index (χ0n) is 8.67. The maximum Gasteiger partial charge on any atom is 0.215 e. The summed E-state index contributed by atoms with van der Waals surface area (Å²) >= 11 is 0. The number of rotatable bonds is 3. The first-order valence-electron chi connectivity index (χ1n) is 4.74. The zero-order valence-corrected chi connectivity index (χ0v) is 9.48. The average molecular weight is 237 g/mol. The Hall–Kier alpha value is -1.74. The molecule has 0 unspecified atom stereocenters. The van der Waals surface area contributed by atoms with Crippen LogP contribution in [-0.4, -0.2) is 4.98 Å². The topological polar surface area (TPSA) is 48.1 Å². The van der Waals surface area contributed by atoms with Crippen LogP contribution in [0.5, 0.6) is 5.88 Å². The third kappa shape index (κ3) is 3.44. The number of nitrogens with zero attached hydrogens (tertiary/aromatic N) is 1. The van der Waals surface area contributed by atoms with E-state index in [1.807, 2.05) is 36.4 Å². The number of benzene rings is 1. The molecule has 84 valence electrons. The Kier molecular flexibility index (Phi) is 4.61. The van der Waals surface area contributed by atoms with Crippen molar-refractivity contribution < 1.29 is 4.74 Å². The second-order valence-electron chi connectivity index (χ2n) is 3.17. The van der Waals surface area contributed by atoms with E-state index in [1.165, 1.54) is 0 Å². The average Bonchev–Trinajstić information content (AvgIpc) is 2.28. The first-order valence-corrected chi connectivity index (χ1v) is 4.74. The first-order chi connectivity index (χ1) is 7.34.